The Bertz CT molecular complexity index is 703. The van der Waals surface area contributed by atoms with Crippen molar-refractivity contribution in [1.82, 2.24) is 10.3 Å². The molecule has 4 heteroatoms. The molecule has 2 N–H and O–H groups in total. The number of pyridine rings is 1. The number of carboxylic acids is 1. The number of benzene rings is 1. The quantitative estimate of drug-likeness (QED) is 0.890. The van der Waals surface area contributed by atoms with E-state index < -0.39 is 5.97 Å². The summed E-state index contributed by atoms with van der Waals surface area (Å²) < 4.78 is 0. The Hall–Kier alpha value is -1.94. The summed E-state index contributed by atoms with van der Waals surface area (Å²) in [4.78, 5) is 16.4. The summed E-state index contributed by atoms with van der Waals surface area (Å²) in [7, 11) is 0. The highest BCUT2D eigenvalue weighted by molar-refractivity contribution is 6.03. The van der Waals surface area contributed by atoms with Crippen LogP contribution in [-0.4, -0.2) is 29.1 Å². The predicted octanol–water partition coefficient (Wildman–Crippen LogP) is 3.02. The van der Waals surface area contributed by atoms with Gasteiger partial charge < -0.3 is 10.4 Å². The first-order chi connectivity index (χ1) is 10.1. The third-order valence-corrected chi connectivity index (χ3v) is 4.51. The predicted molar refractivity (Wildman–Crippen MR) is 83.0 cm³/mol. The number of fused-ring (bicyclic) bond motifs is 1. The maximum absolute atomic E-state index is 11.6. The van der Waals surface area contributed by atoms with Gasteiger partial charge in [0.15, 0.2) is 0 Å². The third kappa shape index (κ3) is 2.51. The minimum atomic E-state index is -0.874. The molecule has 1 aliphatic heterocycles. The molecule has 1 aromatic heterocycles. The second kappa shape index (κ2) is 5.45. The summed E-state index contributed by atoms with van der Waals surface area (Å²) in [6.45, 7) is 6.00. The number of aryl methyl sites for hydroxylation is 2. The largest absolute Gasteiger partial charge is 0.478 e. The van der Waals surface area contributed by atoms with Crippen molar-refractivity contribution in [2.24, 2.45) is 0 Å². The summed E-state index contributed by atoms with van der Waals surface area (Å²) in [6.07, 6.45) is 2.03. The van der Waals surface area contributed by atoms with Crippen LogP contribution in [0.1, 0.15) is 45.9 Å². The number of hydrogen-bond donors (Lipinski definition) is 2. The van der Waals surface area contributed by atoms with Gasteiger partial charge >= 0.3 is 5.97 Å². The number of carboxylic acid groups (broad SMARTS) is 1. The van der Waals surface area contributed by atoms with Crippen LogP contribution in [0.15, 0.2) is 18.2 Å². The number of nitrogens with one attached hydrogen (secondary N) is 1. The fourth-order valence-electron chi connectivity index (χ4n) is 3.05. The van der Waals surface area contributed by atoms with Crippen molar-refractivity contribution in [3.05, 3.63) is 40.6 Å². The molecule has 21 heavy (non-hydrogen) atoms. The van der Waals surface area contributed by atoms with Gasteiger partial charge in [0, 0.05) is 17.0 Å². The van der Waals surface area contributed by atoms with Gasteiger partial charge in [0.05, 0.1) is 11.1 Å². The van der Waals surface area contributed by atoms with Gasteiger partial charge in [-0.3, -0.25) is 4.98 Å². The molecule has 0 amide bonds. The molecule has 1 aliphatic rings. The lowest BCUT2D eigenvalue weighted by Gasteiger charge is -2.23. The van der Waals surface area contributed by atoms with Crippen LogP contribution in [0.2, 0.25) is 0 Å². The number of hydrogen-bond acceptors (Lipinski definition) is 3. The molecule has 0 spiro atoms. The van der Waals surface area contributed by atoms with Crippen molar-refractivity contribution in [2.75, 3.05) is 13.1 Å². The summed E-state index contributed by atoms with van der Waals surface area (Å²) in [5, 5.41) is 13.6. The molecule has 0 atom stereocenters. The molecule has 3 rings (SSSR count). The first-order valence-electron chi connectivity index (χ1n) is 7.43. The van der Waals surface area contributed by atoms with Gasteiger partial charge in [0.1, 0.15) is 0 Å². The molecule has 4 nitrogen and oxygen atoms in total. The molecule has 2 aromatic rings. The van der Waals surface area contributed by atoms with E-state index in [1.807, 2.05) is 26.0 Å². The average molecular weight is 284 g/mol. The molecule has 1 saturated heterocycles. The number of carbonyl (C=O) groups is 1. The number of aromatic carboxylic acids is 1. The van der Waals surface area contributed by atoms with Crippen molar-refractivity contribution in [2.45, 2.75) is 32.6 Å². The zero-order valence-electron chi connectivity index (χ0n) is 12.4. The summed E-state index contributed by atoms with van der Waals surface area (Å²) in [5.41, 5.74) is 4.36. The second-order valence-electron chi connectivity index (χ2n) is 5.83. The smallest absolute Gasteiger partial charge is 0.336 e. The number of aromatic nitrogens is 1. The lowest BCUT2D eigenvalue weighted by molar-refractivity contribution is 0.0699. The van der Waals surface area contributed by atoms with Crippen molar-refractivity contribution in [3.8, 4) is 0 Å². The minimum Gasteiger partial charge on any atom is -0.478 e. The van der Waals surface area contributed by atoms with E-state index in [0.29, 0.717) is 11.5 Å². The average Bonchev–Trinajstić information content (AvgIpc) is 2.51. The fraction of sp³-hybridized carbons (Fsp3) is 0.412. The Morgan fingerprint density at radius 1 is 1.29 bits per heavy atom. The maximum Gasteiger partial charge on any atom is 0.336 e. The molecule has 0 bridgehead atoms. The molecule has 1 aromatic carbocycles. The summed E-state index contributed by atoms with van der Waals surface area (Å²) in [5.74, 6) is -0.519. The summed E-state index contributed by atoms with van der Waals surface area (Å²) >= 11 is 0. The topological polar surface area (TPSA) is 62.2 Å². The second-order valence-corrected chi connectivity index (χ2v) is 5.83. The number of nitrogens with zero attached hydrogens (tertiary/aromatic N) is 1. The van der Waals surface area contributed by atoms with Crippen LogP contribution < -0.4 is 5.32 Å². The van der Waals surface area contributed by atoms with Gasteiger partial charge in [0.2, 0.25) is 0 Å². The van der Waals surface area contributed by atoms with Crippen LogP contribution in [-0.2, 0) is 0 Å². The molecular formula is C17H20N2O2. The van der Waals surface area contributed by atoms with Gasteiger partial charge in [-0.25, -0.2) is 4.79 Å². The first-order valence-corrected chi connectivity index (χ1v) is 7.43. The van der Waals surface area contributed by atoms with Crippen LogP contribution in [0.3, 0.4) is 0 Å². The van der Waals surface area contributed by atoms with Gasteiger partial charge in [-0.1, -0.05) is 12.1 Å². The van der Waals surface area contributed by atoms with Crippen molar-refractivity contribution in [1.29, 1.82) is 0 Å². The molecule has 0 unspecified atom stereocenters. The van der Waals surface area contributed by atoms with Crippen molar-refractivity contribution < 1.29 is 9.90 Å². The van der Waals surface area contributed by atoms with E-state index in [-0.39, 0.29) is 0 Å². The Morgan fingerprint density at radius 3 is 2.67 bits per heavy atom. The Kier molecular flexibility index (Phi) is 3.64. The van der Waals surface area contributed by atoms with Crippen LogP contribution in [0.4, 0.5) is 0 Å². The number of rotatable bonds is 2. The molecule has 0 aliphatic carbocycles. The van der Waals surface area contributed by atoms with Crippen molar-refractivity contribution in [3.63, 3.8) is 0 Å². The lowest BCUT2D eigenvalue weighted by Crippen LogP contribution is -2.27. The van der Waals surface area contributed by atoms with E-state index in [1.54, 1.807) is 6.07 Å². The SMILES string of the molecule is Cc1ccc2c(C(=O)O)cc(C3CCNCC3)nc2c1C. The summed E-state index contributed by atoms with van der Waals surface area (Å²) in [6, 6.07) is 5.62. The highest BCUT2D eigenvalue weighted by Gasteiger charge is 2.21. The van der Waals surface area contributed by atoms with E-state index >= 15 is 0 Å². The van der Waals surface area contributed by atoms with Crippen LogP contribution in [0.25, 0.3) is 10.9 Å². The van der Waals surface area contributed by atoms with Crippen molar-refractivity contribution >= 4 is 16.9 Å². The molecular weight excluding hydrogens is 264 g/mol. The van der Waals surface area contributed by atoms with Gasteiger partial charge in [-0.2, -0.15) is 0 Å². The molecule has 0 saturated carbocycles. The van der Waals surface area contributed by atoms with E-state index in [9.17, 15) is 9.90 Å². The maximum atomic E-state index is 11.6. The molecule has 0 radical (unpaired) electrons. The first kappa shape index (κ1) is 14.0. The van der Waals surface area contributed by atoms with E-state index in [2.05, 4.69) is 5.32 Å². The van der Waals surface area contributed by atoms with E-state index in [4.69, 9.17) is 4.98 Å². The van der Waals surface area contributed by atoms with Crippen LogP contribution in [0.5, 0.6) is 0 Å². The molecule has 110 valence electrons. The normalized spacial score (nSPS) is 16.3. The third-order valence-electron chi connectivity index (χ3n) is 4.51. The van der Waals surface area contributed by atoms with Gasteiger partial charge in [0.25, 0.3) is 0 Å². The van der Waals surface area contributed by atoms with Gasteiger partial charge in [-0.05, 0) is 57.0 Å². The molecule has 2 heterocycles. The molecule has 1 fully saturated rings. The zero-order chi connectivity index (χ0) is 15.0. The monoisotopic (exact) mass is 284 g/mol. The fourth-order valence-corrected chi connectivity index (χ4v) is 3.05. The van der Waals surface area contributed by atoms with Gasteiger partial charge in [-0.15, -0.1) is 0 Å². The Labute approximate surface area is 124 Å². The lowest BCUT2D eigenvalue weighted by atomic mass is 9.91. The Morgan fingerprint density at radius 2 is 2.00 bits per heavy atom. The number of piperidine rings is 1. The minimum absolute atomic E-state index is 0.355. The highest BCUT2D eigenvalue weighted by atomic mass is 16.4. The highest BCUT2D eigenvalue weighted by Crippen LogP contribution is 2.30. The van der Waals surface area contributed by atoms with E-state index in [0.717, 1.165) is 53.7 Å². The van der Waals surface area contributed by atoms with Crippen LogP contribution in [0, 0.1) is 13.8 Å². The van der Waals surface area contributed by atoms with E-state index in [1.165, 1.54) is 0 Å². The standard InChI is InChI=1S/C17H20N2O2/c1-10-3-4-13-14(17(20)21)9-15(19-16(13)11(10)2)12-5-7-18-8-6-12/h3-4,9,12,18H,5-8H2,1-2H3,(H,20,21). The zero-order valence-corrected chi connectivity index (χ0v) is 12.4. The van der Waals surface area contributed by atoms with Crippen LogP contribution >= 0.6 is 0 Å². The Balaban J connectivity index is 2.22.